The monoisotopic (exact) mass is 485 g/mol. The van der Waals surface area contributed by atoms with E-state index in [1.165, 1.54) is 6.26 Å². The summed E-state index contributed by atoms with van der Waals surface area (Å²) in [6.07, 6.45) is 3.11. The molecule has 26 heavy (non-hydrogen) atoms. The Hall–Kier alpha value is -2.33. The van der Waals surface area contributed by atoms with Crippen molar-refractivity contribution in [3.8, 4) is 5.75 Å². The average molecular weight is 486 g/mol. The van der Waals surface area contributed by atoms with Crippen LogP contribution in [-0.2, 0) is 11.3 Å². The number of ether oxygens (including phenoxy) is 1. The van der Waals surface area contributed by atoms with E-state index >= 15 is 0 Å². The van der Waals surface area contributed by atoms with Crippen molar-refractivity contribution in [1.29, 1.82) is 0 Å². The number of fused-ring (bicyclic) bond motifs is 1. The van der Waals surface area contributed by atoms with Crippen LogP contribution in [-0.4, -0.2) is 23.5 Å². The number of aromatic nitrogens is 1. The lowest BCUT2D eigenvalue weighted by Crippen LogP contribution is -2.41. The number of hydrogen-bond donors (Lipinski definition) is 2. The van der Waals surface area contributed by atoms with Gasteiger partial charge in [0.25, 0.3) is 5.91 Å². The number of carbonyl (C=O) groups excluding carboxylic acids is 2. The second kappa shape index (κ2) is 8.37. The number of hydrogen-bond acceptors (Lipinski definition) is 5. The molecule has 1 aromatic carbocycles. The Morgan fingerprint density at radius 3 is 2.92 bits per heavy atom. The fraction of sp³-hybridized carbons (Fsp3) is 0.118. The molecule has 2 N–H and O–H groups in total. The molecule has 0 spiro atoms. The minimum absolute atomic E-state index is 0.177. The third-order valence-corrected chi connectivity index (χ3v) is 4.47. The third kappa shape index (κ3) is 4.44. The number of pyridine rings is 1. The van der Waals surface area contributed by atoms with Gasteiger partial charge in [-0.1, -0.05) is 11.6 Å². The van der Waals surface area contributed by atoms with Crippen molar-refractivity contribution in [1.82, 2.24) is 15.6 Å². The third-order valence-electron chi connectivity index (χ3n) is 3.35. The van der Waals surface area contributed by atoms with Gasteiger partial charge in [-0.3, -0.25) is 15.1 Å². The van der Waals surface area contributed by atoms with Crippen LogP contribution in [0, 0.1) is 3.57 Å². The van der Waals surface area contributed by atoms with E-state index in [9.17, 15) is 9.59 Å². The van der Waals surface area contributed by atoms with Crippen molar-refractivity contribution >= 4 is 57.0 Å². The maximum Gasteiger partial charge on any atom is 0.321 e. The van der Waals surface area contributed by atoms with Crippen LogP contribution >= 0.6 is 34.2 Å². The Kier molecular flexibility index (Phi) is 5.94. The van der Waals surface area contributed by atoms with Gasteiger partial charge >= 0.3 is 6.03 Å². The zero-order chi connectivity index (χ0) is 18.5. The number of furan rings is 1. The van der Waals surface area contributed by atoms with E-state index < -0.39 is 11.9 Å². The highest BCUT2D eigenvalue weighted by atomic mass is 127. The van der Waals surface area contributed by atoms with Crippen molar-refractivity contribution in [2.24, 2.45) is 0 Å². The molecule has 7 nitrogen and oxygen atoms in total. The zero-order valence-electron chi connectivity index (χ0n) is 13.3. The largest absolute Gasteiger partial charge is 0.480 e. The molecule has 2 heterocycles. The summed E-state index contributed by atoms with van der Waals surface area (Å²) >= 11 is 8.26. The minimum Gasteiger partial charge on any atom is -0.480 e. The lowest BCUT2D eigenvalue weighted by atomic mass is 10.2. The van der Waals surface area contributed by atoms with Crippen LogP contribution in [0.4, 0.5) is 4.79 Å². The molecular formula is C17H13ClIN3O4. The first-order valence-electron chi connectivity index (χ1n) is 7.50. The van der Waals surface area contributed by atoms with Gasteiger partial charge in [0.2, 0.25) is 0 Å². The molecule has 9 heteroatoms. The van der Waals surface area contributed by atoms with Crippen LogP contribution in [0.2, 0.25) is 5.02 Å². The van der Waals surface area contributed by atoms with E-state index in [1.54, 1.807) is 30.5 Å². The quantitative estimate of drug-likeness (QED) is 0.540. The van der Waals surface area contributed by atoms with E-state index in [0.717, 1.165) is 5.39 Å². The molecule has 0 aliphatic rings. The molecule has 0 unspecified atom stereocenters. The average Bonchev–Trinajstić information content (AvgIpc) is 3.13. The van der Waals surface area contributed by atoms with Crippen LogP contribution in [0.15, 0.2) is 47.2 Å². The molecule has 2 aromatic heterocycles. The number of imide groups is 1. The maximum absolute atomic E-state index is 11.9. The number of halogens is 2. The SMILES string of the molecule is O=C(COc1c(I)cc(Cl)c2cccnc12)NC(=O)NCc1ccco1. The number of nitrogens with zero attached hydrogens (tertiary/aromatic N) is 1. The molecule has 0 fully saturated rings. The predicted molar refractivity (Wildman–Crippen MR) is 104 cm³/mol. The fourth-order valence-corrected chi connectivity index (χ4v) is 3.38. The number of urea groups is 1. The van der Waals surface area contributed by atoms with E-state index in [-0.39, 0.29) is 13.2 Å². The second-order valence-corrected chi connectivity index (χ2v) is 6.74. The number of nitrogens with one attached hydrogen (secondary N) is 2. The van der Waals surface area contributed by atoms with Crippen LogP contribution < -0.4 is 15.4 Å². The molecular weight excluding hydrogens is 473 g/mol. The maximum atomic E-state index is 11.9. The highest BCUT2D eigenvalue weighted by molar-refractivity contribution is 14.1. The van der Waals surface area contributed by atoms with Gasteiger partial charge in [0.1, 0.15) is 11.3 Å². The van der Waals surface area contributed by atoms with Gasteiger partial charge in [-0.25, -0.2) is 4.79 Å². The van der Waals surface area contributed by atoms with Crippen LogP contribution in [0.5, 0.6) is 5.75 Å². The van der Waals surface area contributed by atoms with Crippen molar-refractivity contribution in [3.63, 3.8) is 0 Å². The summed E-state index contributed by atoms with van der Waals surface area (Å²) in [6.45, 7) is -0.159. The molecule has 3 amide bonds. The summed E-state index contributed by atoms with van der Waals surface area (Å²) in [5, 5.41) is 5.97. The van der Waals surface area contributed by atoms with Crippen LogP contribution in [0.3, 0.4) is 0 Å². The summed E-state index contributed by atoms with van der Waals surface area (Å²) < 4.78 is 11.4. The molecule has 0 saturated heterocycles. The van der Waals surface area contributed by atoms with Gasteiger partial charge in [-0.05, 0) is 52.9 Å². The summed E-state index contributed by atoms with van der Waals surface area (Å²) in [5.41, 5.74) is 0.555. The van der Waals surface area contributed by atoms with Gasteiger partial charge in [0.05, 0.1) is 21.4 Å². The van der Waals surface area contributed by atoms with Gasteiger partial charge < -0.3 is 14.5 Å². The first-order valence-corrected chi connectivity index (χ1v) is 8.96. The zero-order valence-corrected chi connectivity index (χ0v) is 16.2. The van der Waals surface area contributed by atoms with E-state index in [1.807, 2.05) is 6.07 Å². The fourth-order valence-electron chi connectivity index (χ4n) is 2.21. The van der Waals surface area contributed by atoms with Crippen molar-refractivity contribution in [3.05, 3.63) is 57.1 Å². The summed E-state index contributed by atoms with van der Waals surface area (Å²) in [6, 6.07) is 8.10. The molecule has 0 aliphatic heterocycles. The summed E-state index contributed by atoms with van der Waals surface area (Å²) in [5.74, 6) is 0.436. The molecule has 134 valence electrons. The van der Waals surface area contributed by atoms with Crippen LogP contribution in [0.25, 0.3) is 10.9 Å². The highest BCUT2D eigenvalue weighted by Gasteiger charge is 2.15. The Bertz CT molecular complexity index is 947. The molecule has 0 aliphatic carbocycles. The topological polar surface area (TPSA) is 93.5 Å². The van der Waals surface area contributed by atoms with Crippen molar-refractivity contribution in [2.75, 3.05) is 6.61 Å². The van der Waals surface area contributed by atoms with E-state index in [4.69, 9.17) is 20.8 Å². The minimum atomic E-state index is -0.635. The van der Waals surface area contributed by atoms with Gasteiger partial charge in [0, 0.05) is 11.6 Å². The normalized spacial score (nSPS) is 10.5. The molecule has 3 rings (SSSR count). The lowest BCUT2D eigenvalue weighted by Gasteiger charge is -2.12. The molecule has 0 saturated carbocycles. The summed E-state index contributed by atoms with van der Waals surface area (Å²) in [7, 11) is 0. The predicted octanol–water partition coefficient (Wildman–Crippen LogP) is 3.49. The molecule has 3 aromatic rings. The summed E-state index contributed by atoms with van der Waals surface area (Å²) in [4.78, 5) is 27.9. The van der Waals surface area contributed by atoms with Crippen molar-refractivity contribution in [2.45, 2.75) is 6.54 Å². The highest BCUT2D eigenvalue weighted by Crippen LogP contribution is 2.34. The van der Waals surface area contributed by atoms with Gasteiger partial charge in [0.15, 0.2) is 12.4 Å². The number of amides is 3. The first-order chi connectivity index (χ1) is 12.5. The Morgan fingerprint density at radius 1 is 1.31 bits per heavy atom. The number of rotatable bonds is 5. The van der Waals surface area contributed by atoms with Gasteiger partial charge in [-0.15, -0.1) is 0 Å². The lowest BCUT2D eigenvalue weighted by molar-refractivity contribution is -0.122. The van der Waals surface area contributed by atoms with Crippen molar-refractivity contribution < 1.29 is 18.7 Å². The Balaban J connectivity index is 1.59. The van der Waals surface area contributed by atoms with Gasteiger partial charge in [-0.2, -0.15) is 0 Å². The Labute approximate surface area is 167 Å². The van der Waals surface area contributed by atoms with Crippen LogP contribution in [0.1, 0.15) is 5.76 Å². The van der Waals surface area contributed by atoms with E-state index in [2.05, 4.69) is 38.2 Å². The molecule has 0 radical (unpaired) electrons. The first kappa shape index (κ1) is 18.5. The molecule has 0 atom stereocenters. The molecule has 0 bridgehead atoms. The number of benzene rings is 1. The number of carbonyl (C=O) groups is 2. The Morgan fingerprint density at radius 2 is 2.15 bits per heavy atom. The van der Waals surface area contributed by atoms with E-state index in [0.29, 0.717) is 25.6 Å². The smallest absolute Gasteiger partial charge is 0.321 e. The second-order valence-electron chi connectivity index (χ2n) is 5.17. The standard InChI is InChI=1S/C17H13ClIN3O4/c18-12-7-13(19)16(15-11(12)4-1-5-20-15)26-9-14(23)22-17(24)21-8-10-3-2-6-25-10/h1-7H,8-9H2,(H2,21,22,23,24).